The van der Waals surface area contributed by atoms with Gasteiger partial charge in [0.15, 0.2) is 0 Å². The van der Waals surface area contributed by atoms with E-state index in [4.69, 9.17) is 9.84 Å². The summed E-state index contributed by atoms with van der Waals surface area (Å²) in [6.45, 7) is 5.80. The molecule has 0 saturated carbocycles. The van der Waals surface area contributed by atoms with Crippen LogP contribution in [0.1, 0.15) is 25.8 Å². The zero-order chi connectivity index (χ0) is 14.5. The summed E-state index contributed by atoms with van der Waals surface area (Å²) in [7, 11) is -3.60. The highest BCUT2D eigenvalue weighted by Crippen LogP contribution is 2.21. The minimum absolute atomic E-state index is 0.181. The molecule has 1 atom stereocenters. The first-order valence-electron chi connectivity index (χ1n) is 6.31. The van der Waals surface area contributed by atoms with Gasteiger partial charge in [-0.25, -0.2) is 13.1 Å². The number of nitrogens with one attached hydrogen (secondary N) is 1. The Hall–Kier alpha value is -1.11. The highest BCUT2D eigenvalue weighted by Gasteiger charge is 2.19. The van der Waals surface area contributed by atoms with Crippen molar-refractivity contribution in [3.63, 3.8) is 0 Å². The minimum Gasteiger partial charge on any atom is -0.494 e. The molecule has 1 aromatic rings. The van der Waals surface area contributed by atoms with Gasteiger partial charge in [0.2, 0.25) is 10.0 Å². The largest absolute Gasteiger partial charge is 0.494 e. The molecule has 19 heavy (non-hydrogen) atoms. The maximum absolute atomic E-state index is 12.1. The number of aryl methyl sites for hydroxylation is 1. The summed E-state index contributed by atoms with van der Waals surface area (Å²) < 4.78 is 32.1. The molecule has 0 fully saturated rings. The van der Waals surface area contributed by atoms with E-state index in [-0.39, 0.29) is 11.5 Å². The lowest BCUT2D eigenvalue weighted by Gasteiger charge is -2.15. The number of ether oxygens (including phenoxy) is 1. The van der Waals surface area contributed by atoms with Crippen LogP contribution in [0.5, 0.6) is 5.75 Å². The van der Waals surface area contributed by atoms with Gasteiger partial charge in [0, 0.05) is 6.04 Å². The average Bonchev–Trinajstić information content (AvgIpc) is 2.38. The van der Waals surface area contributed by atoms with Gasteiger partial charge in [-0.05, 0) is 44.0 Å². The maximum atomic E-state index is 12.1. The summed E-state index contributed by atoms with van der Waals surface area (Å²) in [6, 6.07) is 4.26. The second-order valence-electron chi connectivity index (χ2n) is 4.27. The fourth-order valence-corrected chi connectivity index (χ4v) is 3.04. The van der Waals surface area contributed by atoms with E-state index in [1.54, 1.807) is 19.1 Å². The summed E-state index contributed by atoms with van der Waals surface area (Å²) in [5, 5.41) is 9.06. The van der Waals surface area contributed by atoms with Crippen molar-refractivity contribution in [1.29, 1.82) is 0 Å². The predicted molar refractivity (Wildman–Crippen MR) is 73.8 cm³/mol. The van der Waals surface area contributed by atoms with Crippen molar-refractivity contribution >= 4 is 10.0 Å². The lowest BCUT2D eigenvalue weighted by atomic mass is 10.2. The first-order chi connectivity index (χ1) is 8.94. The Labute approximate surface area is 114 Å². The second-order valence-corrected chi connectivity index (χ2v) is 5.98. The molecular formula is C13H21NO4S. The van der Waals surface area contributed by atoms with Crippen molar-refractivity contribution in [2.24, 2.45) is 0 Å². The molecule has 0 saturated heterocycles. The third-order valence-electron chi connectivity index (χ3n) is 2.79. The van der Waals surface area contributed by atoms with Crippen molar-refractivity contribution < 1.29 is 18.3 Å². The molecule has 1 rings (SSSR count). The van der Waals surface area contributed by atoms with Gasteiger partial charge in [-0.1, -0.05) is 6.92 Å². The summed E-state index contributed by atoms with van der Waals surface area (Å²) >= 11 is 0. The molecule has 0 heterocycles. The number of aliphatic hydroxyl groups excluding tert-OH is 1. The molecule has 0 aromatic heterocycles. The van der Waals surface area contributed by atoms with Gasteiger partial charge < -0.3 is 9.84 Å². The fourth-order valence-electron chi connectivity index (χ4n) is 1.64. The van der Waals surface area contributed by atoms with E-state index in [1.807, 2.05) is 13.8 Å². The molecule has 0 aliphatic rings. The Bertz CT molecular complexity index is 509. The Morgan fingerprint density at radius 2 is 2.05 bits per heavy atom. The number of benzene rings is 1. The first-order valence-corrected chi connectivity index (χ1v) is 7.79. The molecule has 0 aliphatic carbocycles. The summed E-state index contributed by atoms with van der Waals surface area (Å²) in [4.78, 5) is 0.181. The molecule has 0 aliphatic heterocycles. The van der Waals surface area contributed by atoms with E-state index in [9.17, 15) is 8.42 Å². The van der Waals surface area contributed by atoms with E-state index < -0.39 is 16.1 Å². The predicted octanol–water partition coefficient (Wildman–Crippen LogP) is 1.44. The number of sulfonamides is 1. The third kappa shape index (κ3) is 4.19. The molecule has 1 aromatic carbocycles. The summed E-state index contributed by atoms with van der Waals surface area (Å²) in [6.07, 6.45) is 0.533. The van der Waals surface area contributed by atoms with Gasteiger partial charge >= 0.3 is 0 Å². The standard InChI is InChI=1S/C13H21NO4S/c1-4-11(9-15)14-19(16,17)12-6-7-13(18-5-2)10(3)8-12/h6-8,11,14-15H,4-5,9H2,1-3H3. The molecule has 0 radical (unpaired) electrons. The fraction of sp³-hybridized carbons (Fsp3) is 0.538. The molecule has 108 valence electrons. The van der Waals surface area contributed by atoms with Gasteiger partial charge in [-0.15, -0.1) is 0 Å². The first kappa shape index (κ1) is 15.9. The number of hydrogen-bond donors (Lipinski definition) is 2. The molecule has 5 nitrogen and oxygen atoms in total. The smallest absolute Gasteiger partial charge is 0.240 e. The molecule has 0 bridgehead atoms. The number of rotatable bonds is 7. The Morgan fingerprint density at radius 3 is 2.53 bits per heavy atom. The lowest BCUT2D eigenvalue weighted by Crippen LogP contribution is -2.36. The maximum Gasteiger partial charge on any atom is 0.240 e. The van der Waals surface area contributed by atoms with Crippen molar-refractivity contribution in [3.8, 4) is 5.75 Å². The minimum atomic E-state index is -3.60. The Kier molecular flexibility index (Phi) is 5.78. The van der Waals surface area contributed by atoms with Gasteiger partial charge in [0.1, 0.15) is 5.75 Å². The lowest BCUT2D eigenvalue weighted by molar-refractivity contribution is 0.254. The zero-order valence-corrected chi connectivity index (χ0v) is 12.3. The van der Waals surface area contributed by atoms with Crippen LogP contribution in [0.4, 0.5) is 0 Å². The van der Waals surface area contributed by atoms with Crippen LogP contribution in [0, 0.1) is 6.92 Å². The van der Waals surface area contributed by atoms with Gasteiger partial charge in [0.05, 0.1) is 18.1 Å². The second kappa shape index (κ2) is 6.88. The highest BCUT2D eigenvalue weighted by atomic mass is 32.2. The van der Waals surface area contributed by atoms with E-state index in [2.05, 4.69) is 4.72 Å². The van der Waals surface area contributed by atoms with Crippen LogP contribution in [-0.4, -0.2) is 32.8 Å². The van der Waals surface area contributed by atoms with Gasteiger partial charge in [-0.3, -0.25) is 0 Å². The monoisotopic (exact) mass is 287 g/mol. The van der Waals surface area contributed by atoms with Crippen molar-refractivity contribution in [2.45, 2.75) is 38.1 Å². The van der Waals surface area contributed by atoms with Crippen molar-refractivity contribution in [1.82, 2.24) is 4.72 Å². The van der Waals surface area contributed by atoms with Crippen LogP contribution < -0.4 is 9.46 Å². The highest BCUT2D eigenvalue weighted by molar-refractivity contribution is 7.89. The third-order valence-corrected chi connectivity index (χ3v) is 4.31. The summed E-state index contributed by atoms with van der Waals surface area (Å²) in [5.41, 5.74) is 0.766. The van der Waals surface area contributed by atoms with E-state index >= 15 is 0 Å². The van der Waals surface area contributed by atoms with Crippen LogP contribution in [-0.2, 0) is 10.0 Å². The van der Waals surface area contributed by atoms with Crippen LogP contribution in [0.2, 0.25) is 0 Å². The average molecular weight is 287 g/mol. The molecular weight excluding hydrogens is 266 g/mol. The number of hydrogen-bond acceptors (Lipinski definition) is 4. The molecule has 6 heteroatoms. The Balaban J connectivity index is 2.99. The van der Waals surface area contributed by atoms with E-state index in [0.717, 1.165) is 5.56 Å². The topological polar surface area (TPSA) is 75.6 Å². The molecule has 1 unspecified atom stereocenters. The van der Waals surface area contributed by atoms with Crippen LogP contribution in [0.25, 0.3) is 0 Å². The Morgan fingerprint density at radius 1 is 1.37 bits per heavy atom. The normalized spacial score (nSPS) is 13.3. The quantitative estimate of drug-likeness (QED) is 0.795. The number of aliphatic hydroxyl groups is 1. The van der Waals surface area contributed by atoms with Gasteiger partial charge in [-0.2, -0.15) is 0 Å². The molecule has 0 spiro atoms. The SMILES string of the molecule is CCOc1ccc(S(=O)(=O)NC(CC)CO)cc1C. The zero-order valence-electron chi connectivity index (χ0n) is 11.5. The van der Waals surface area contributed by atoms with Gasteiger partial charge in [0.25, 0.3) is 0 Å². The van der Waals surface area contributed by atoms with Crippen LogP contribution in [0.15, 0.2) is 23.1 Å². The molecule has 0 amide bonds. The summed E-state index contributed by atoms with van der Waals surface area (Å²) in [5.74, 6) is 0.677. The van der Waals surface area contributed by atoms with Crippen molar-refractivity contribution in [3.05, 3.63) is 23.8 Å². The van der Waals surface area contributed by atoms with E-state index in [1.165, 1.54) is 6.07 Å². The van der Waals surface area contributed by atoms with Crippen molar-refractivity contribution in [2.75, 3.05) is 13.2 Å². The van der Waals surface area contributed by atoms with Crippen LogP contribution in [0.3, 0.4) is 0 Å². The molecule has 2 N–H and O–H groups in total. The van der Waals surface area contributed by atoms with Crippen LogP contribution >= 0.6 is 0 Å². The van der Waals surface area contributed by atoms with E-state index in [0.29, 0.717) is 18.8 Å².